The van der Waals surface area contributed by atoms with Crippen molar-refractivity contribution in [2.45, 2.75) is 50.9 Å². The monoisotopic (exact) mass is 201 g/mol. The molecule has 76 valence electrons. The van der Waals surface area contributed by atoms with E-state index in [0.29, 0.717) is 0 Å². The van der Waals surface area contributed by atoms with Gasteiger partial charge in [0.05, 0.1) is 6.10 Å². The first-order valence-electron chi connectivity index (χ1n) is 4.91. The lowest BCUT2D eigenvalue weighted by Gasteiger charge is -2.19. The highest BCUT2D eigenvalue weighted by molar-refractivity contribution is 7.99. The summed E-state index contributed by atoms with van der Waals surface area (Å²) in [4.78, 5) is 0. The Hall–Kier alpha value is -0.0200. The molecule has 0 aromatic carbocycles. The lowest BCUT2D eigenvalue weighted by atomic mass is 10.1. The molecule has 13 heavy (non-hydrogen) atoms. The van der Waals surface area contributed by atoms with Crippen LogP contribution in [0.5, 0.6) is 0 Å². The summed E-state index contributed by atoms with van der Waals surface area (Å²) >= 11 is 1.62. The minimum Gasteiger partial charge on any atom is -0.373 e. The Morgan fingerprint density at radius 3 is 2.69 bits per heavy atom. The number of rotatable bonds is 2. The van der Waals surface area contributed by atoms with Gasteiger partial charge in [-0.05, 0) is 52.0 Å². The van der Waals surface area contributed by atoms with Crippen LogP contribution in [0.25, 0.3) is 0 Å². The quantitative estimate of drug-likeness (QED) is 0.506. The Bertz CT molecular complexity index is 168. The number of nitrogens with zero attached hydrogens (tertiary/aromatic N) is 1. The number of hydrogen-bond acceptors (Lipinski definition) is 3. The van der Waals surface area contributed by atoms with Crippen molar-refractivity contribution in [2.75, 3.05) is 6.61 Å². The van der Waals surface area contributed by atoms with E-state index in [-0.39, 0.29) is 10.9 Å². The second-order valence-corrected chi connectivity index (χ2v) is 5.98. The molecule has 1 heterocycles. The predicted octanol–water partition coefficient (Wildman–Crippen LogP) is 3.07. The van der Waals surface area contributed by atoms with E-state index in [1.165, 1.54) is 12.8 Å². The van der Waals surface area contributed by atoms with Gasteiger partial charge in [-0.1, -0.05) is 0 Å². The molecule has 0 radical (unpaired) electrons. The summed E-state index contributed by atoms with van der Waals surface area (Å²) in [5.74, 6) is 0. The van der Waals surface area contributed by atoms with E-state index in [1.54, 1.807) is 11.9 Å². The summed E-state index contributed by atoms with van der Waals surface area (Å²) in [6.45, 7) is 7.39. The van der Waals surface area contributed by atoms with Crippen molar-refractivity contribution in [3.8, 4) is 0 Å². The molecule has 1 fully saturated rings. The van der Waals surface area contributed by atoms with E-state index in [9.17, 15) is 0 Å². The molecule has 0 bridgehead atoms. The summed E-state index contributed by atoms with van der Waals surface area (Å²) in [6.07, 6.45) is 5.83. The van der Waals surface area contributed by atoms with Gasteiger partial charge in [-0.15, -0.1) is 0 Å². The Balaban J connectivity index is 2.22. The van der Waals surface area contributed by atoms with Crippen molar-refractivity contribution in [3.63, 3.8) is 0 Å². The van der Waals surface area contributed by atoms with Crippen LogP contribution in [-0.4, -0.2) is 23.7 Å². The molecule has 1 unspecified atom stereocenters. The zero-order chi connectivity index (χ0) is 9.73. The van der Waals surface area contributed by atoms with Crippen molar-refractivity contribution in [3.05, 3.63) is 0 Å². The first kappa shape index (κ1) is 11.1. The highest BCUT2D eigenvalue weighted by Gasteiger charge is 2.13. The lowest BCUT2D eigenvalue weighted by Crippen LogP contribution is -2.20. The molecule has 0 N–H and O–H groups in total. The van der Waals surface area contributed by atoms with Gasteiger partial charge in [-0.3, -0.25) is 0 Å². The number of ether oxygens (including phenoxy) is 1. The molecule has 0 spiro atoms. The third-order valence-electron chi connectivity index (χ3n) is 1.77. The largest absolute Gasteiger partial charge is 0.373 e. The molecular weight excluding hydrogens is 182 g/mol. The zero-order valence-corrected chi connectivity index (χ0v) is 9.56. The standard InChI is InChI=1S/C10H19NOS/c1-10(2,3)13-11-8-9-6-4-5-7-12-9/h8-9H,4-7H2,1-3H3/b11-8+. The van der Waals surface area contributed by atoms with E-state index in [2.05, 4.69) is 25.2 Å². The second kappa shape index (κ2) is 5.01. The fraction of sp³-hybridized carbons (Fsp3) is 0.900. The molecule has 0 aliphatic carbocycles. The van der Waals surface area contributed by atoms with Gasteiger partial charge in [-0.25, -0.2) is 4.40 Å². The SMILES string of the molecule is CC(C)(C)S/N=C/C1CCCCO1. The molecule has 1 aliphatic rings. The van der Waals surface area contributed by atoms with Gasteiger partial charge < -0.3 is 4.74 Å². The molecule has 3 heteroatoms. The van der Waals surface area contributed by atoms with Gasteiger partial charge >= 0.3 is 0 Å². The van der Waals surface area contributed by atoms with Crippen LogP contribution >= 0.6 is 11.9 Å². The maximum atomic E-state index is 5.53. The van der Waals surface area contributed by atoms with Crippen molar-refractivity contribution < 1.29 is 4.74 Å². The Morgan fingerprint density at radius 1 is 1.38 bits per heavy atom. The molecule has 1 atom stereocenters. The van der Waals surface area contributed by atoms with Gasteiger partial charge in [-0.2, -0.15) is 0 Å². The molecule has 1 saturated heterocycles. The van der Waals surface area contributed by atoms with Gasteiger partial charge in [0.25, 0.3) is 0 Å². The first-order chi connectivity index (χ1) is 6.08. The van der Waals surface area contributed by atoms with Crippen LogP contribution in [0.2, 0.25) is 0 Å². The van der Waals surface area contributed by atoms with Crippen LogP contribution in [0, 0.1) is 0 Å². The van der Waals surface area contributed by atoms with Crippen LogP contribution < -0.4 is 0 Å². The second-order valence-electron chi connectivity index (χ2n) is 4.36. The van der Waals surface area contributed by atoms with E-state index >= 15 is 0 Å². The van der Waals surface area contributed by atoms with Gasteiger partial charge in [0.15, 0.2) is 0 Å². The predicted molar refractivity (Wildman–Crippen MR) is 59.4 cm³/mol. The summed E-state index contributed by atoms with van der Waals surface area (Å²) in [5, 5.41) is 0. The van der Waals surface area contributed by atoms with Gasteiger partial charge in [0.2, 0.25) is 0 Å². The van der Waals surface area contributed by atoms with Crippen LogP contribution in [0.4, 0.5) is 0 Å². The van der Waals surface area contributed by atoms with Crippen molar-refractivity contribution in [2.24, 2.45) is 4.40 Å². The average Bonchev–Trinajstić information content (AvgIpc) is 2.04. The summed E-state index contributed by atoms with van der Waals surface area (Å²) in [7, 11) is 0. The topological polar surface area (TPSA) is 21.6 Å². The smallest absolute Gasteiger partial charge is 0.0932 e. The molecule has 2 nitrogen and oxygen atoms in total. The normalized spacial score (nSPS) is 25.3. The minimum absolute atomic E-state index is 0.213. The van der Waals surface area contributed by atoms with Crippen molar-refractivity contribution >= 4 is 18.2 Å². The van der Waals surface area contributed by atoms with E-state index in [4.69, 9.17) is 4.74 Å². The fourth-order valence-electron chi connectivity index (χ4n) is 1.14. The van der Waals surface area contributed by atoms with E-state index < -0.39 is 0 Å². The minimum atomic E-state index is 0.213. The van der Waals surface area contributed by atoms with Crippen LogP contribution in [0.15, 0.2) is 4.40 Å². The van der Waals surface area contributed by atoms with Crippen molar-refractivity contribution in [1.29, 1.82) is 0 Å². The maximum absolute atomic E-state index is 5.53. The Kier molecular flexibility index (Phi) is 4.26. The molecule has 0 saturated carbocycles. The van der Waals surface area contributed by atoms with Crippen LogP contribution in [0.3, 0.4) is 0 Å². The van der Waals surface area contributed by atoms with Crippen molar-refractivity contribution in [1.82, 2.24) is 0 Å². The summed E-state index contributed by atoms with van der Waals surface area (Å²) < 4.78 is 10.1. The molecular formula is C10H19NOS. The third kappa shape index (κ3) is 5.32. The van der Waals surface area contributed by atoms with Gasteiger partial charge in [0.1, 0.15) is 0 Å². The average molecular weight is 201 g/mol. The first-order valence-corrected chi connectivity index (χ1v) is 5.68. The molecule has 0 aromatic rings. The van der Waals surface area contributed by atoms with Crippen LogP contribution in [0.1, 0.15) is 40.0 Å². The highest BCUT2D eigenvalue weighted by atomic mass is 32.2. The molecule has 0 amide bonds. The van der Waals surface area contributed by atoms with Crippen LogP contribution in [-0.2, 0) is 4.74 Å². The highest BCUT2D eigenvalue weighted by Crippen LogP contribution is 2.24. The molecule has 1 rings (SSSR count). The Morgan fingerprint density at radius 2 is 2.15 bits per heavy atom. The van der Waals surface area contributed by atoms with E-state index in [1.807, 2.05) is 6.21 Å². The molecule has 0 aromatic heterocycles. The number of hydrogen-bond donors (Lipinski definition) is 0. The summed E-state index contributed by atoms with van der Waals surface area (Å²) in [5.41, 5.74) is 0. The Labute approximate surface area is 85.3 Å². The van der Waals surface area contributed by atoms with E-state index in [0.717, 1.165) is 13.0 Å². The van der Waals surface area contributed by atoms with Gasteiger partial charge in [0, 0.05) is 17.6 Å². The fourth-order valence-corrected chi connectivity index (χ4v) is 1.65. The zero-order valence-electron chi connectivity index (χ0n) is 8.75. The third-order valence-corrected chi connectivity index (χ3v) is 2.54. The lowest BCUT2D eigenvalue weighted by molar-refractivity contribution is 0.0617. The molecule has 1 aliphatic heterocycles. The maximum Gasteiger partial charge on any atom is 0.0932 e. The summed E-state index contributed by atoms with van der Waals surface area (Å²) in [6, 6.07) is 0.